The highest BCUT2D eigenvalue weighted by Crippen LogP contribution is 2.20. The van der Waals surface area contributed by atoms with Gasteiger partial charge in [-0.05, 0) is 47.4 Å². The Hall–Kier alpha value is -1.07. The predicted molar refractivity (Wildman–Crippen MR) is 72.6 cm³/mol. The summed E-state index contributed by atoms with van der Waals surface area (Å²) in [7, 11) is 0. The molecule has 0 aliphatic rings. The van der Waals surface area contributed by atoms with Crippen molar-refractivity contribution in [1.82, 2.24) is 0 Å². The average Bonchev–Trinajstić information content (AvgIpc) is 2.32. The fourth-order valence-electron chi connectivity index (χ4n) is 1.64. The molecule has 102 valence electrons. The standard InChI is InChI=1S/C16H17IO.H2O/c1-16(2,3)12-4-6-13(7-5-12)17-14-8-10-15(18)11-9-14;/h4-11H,1-3H3;1H2. The lowest BCUT2D eigenvalue weighted by molar-refractivity contribution is -0.597. The van der Waals surface area contributed by atoms with E-state index < -0.39 is 0 Å². The first-order valence-corrected chi connectivity index (χ1v) is 8.15. The van der Waals surface area contributed by atoms with Crippen LogP contribution in [0.2, 0.25) is 0 Å². The average molecular weight is 370 g/mol. The lowest BCUT2D eigenvalue weighted by atomic mass is 9.87. The smallest absolute Gasteiger partial charge is 0.357 e. The fourth-order valence-corrected chi connectivity index (χ4v) is 3.80. The first kappa shape index (κ1) is 16.0. The Balaban J connectivity index is 0.00000180. The number of phenols is 1. The van der Waals surface area contributed by atoms with E-state index in [1.807, 2.05) is 12.1 Å². The van der Waals surface area contributed by atoms with E-state index in [1.54, 1.807) is 12.1 Å². The number of aromatic hydroxyl groups is 1. The van der Waals surface area contributed by atoms with Crippen LogP contribution in [-0.2, 0) is 5.41 Å². The highest BCUT2D eigenvalue weighted by atomic mass is 127. The molecular formula is C16H19IO2. The fraction of sp³-hybridized carbons (Fsp3) is 0.250. The zero-order chi connectivity index (χ0) is 13.2. The molecule has 2 rings (SSSR count). The van der Waals surface area contributed by atoms with Crippen molar-refractivity contribution in [3.8, 4) is 5.75 Å². The minimum atomic E-state index is -0.145. The molecule has 2 aromatic carbocycles. The Morgan fingerprint density at radius 2 is 1.21 bits per heavy atom. The number of phenolic OH excluding ortho intramolecular Hbond substituents is 1. The number of rotatable bonds is 2. The van der Waals surface area contributed by atoms with E-state index in [0.29, 0.717) is 5.75 Å². The largest absolute Gasteiger partial charge is 0.870 e. The summed E-state index contributed by atoms with van der Waals surface area (Å²) in [6.45, 7) is 6.70. The Bertz CT molecular complexity index is 510. The second kappa shape index (κ2) is 6.39. The maximum Gasteiger partial charge on any atom is 0.357 e. The van der Waals surface area contributed by atoms with E-state index in [0.717, 1.165) is 0 Å². The highest BCUT2D eigenvalue weighted by Gasteiger charge is 2.18. The van der Waals surface area contributed by atoms with Gasteiger partial charge in [0.2, 0.25) is 0 Å². The molecular weight excluding hydrogens is 351 g/mol. The quantitative estimate of drug-likeness (QED) is 0.789. The number of benzene rings is 2. The molecule has 0 aliphatic carbocycles. The molecule has 2 N–H and O–H groups in total. The van der Waals surface area contributed by atoms with E-state index in [1.165, 1.54) is 12.7 Å². The van der Waals surface area contributed by atoms with Crippen molar-refractivity contribution in [3.05, 3.63) is 61.2 Å². The maximum absolute atomic E-state index is 9.26. The minimum Gasteiger partial charge on any atom is -0.870 e. The minimum absolute atomic E-state index is 0. The molecule has 0 radical (unpaired) electrons. The van der Waals surface area contributed by atoms with E-state index in [4.69, 9.17) is 0 Å². The van der Waals surface area contributed by atoms with E-state index in [-0.39, 0.29) is 32.1 Å². The molecule has 0 fully saturated rings. The van der Waals surface area contributed by atoms with Gasteiger partial charge >= 0.3 is 21.2 Å². The van der Waals surface area contributed by atoms with Crippen molar-refractivity contribution in [1.29, 1.82) is 0 Å². The van der Waals surface area contributed by atoms with Crippen LogP contribution in [0.3, 0.4) is 0 Å². The van der Waals surface area contributed by atoms with Crippen LogP contribution in [0.4, 0.5) is 0 Å². The molecule has 0 heterocycles. The molecule has 2 aromatic rings. The van der Waals surface area contributed by atoms with Crippen molar-refractivity contribution >= 4 is 0 Å². The van der Waals surface area contributed by atoms with Gasteiger partial charge in [0, 0.05) is 0 Å². The molecule has 0 unspecified atom stereocenters. The van der Waals surface area contributed by atoms with E-state index in [2.05, 4.69) is 45.0 Å². The lowest BCUT2D eigenvalue weighted by Gasteiger charge is -2.18. The lowest BCUT2D eigenvalue weighted by Crippen LogP contribution is -3.61. The highest BCUT2D eigenvalue weighted by molar-refractivity contribution is 5.22. The van der Waals surface area contributed by atoms with Gasteiger partial charge in [0.05, 0.1) is 0 Å². The third-order valence-corrected chi connectivity index (χ3v) is 5.44. The summed E-state index contributed by atoms with van der Waals surface area (Å²) in [5, 5.41) is 9.26. The molecule has 3 heteroatoms. The van der Waals surface area contributed by atoms with Crippen molar-refractivity contribution < 1.29 is 31.8 Å². The van der Waals surface area contributed by atoms with Crippen molar-refractivity contribution in [2.45, 2.75) is 26.2 Å². The molecule has 0 spiro atoms. The van der Waals surface area contributed by atoms with Crippen LogP contribution in [-0.4, -0.2) is 10.6 Å². The third kappa shape index (κ3) is 4.51. The van der Waals surface area contributed by atoms with Crippen LogP contribution in [0.1, 0.15) is 26.3 Å². The first-order chi connectivity index (χ1) is 8.45. The van der Waals surface area contributed by atoms with E-state index >= 15 is 0 Å². The van der Waals surface area contributed by atoms with Crippen LogP contribution in [0.5, 0.6) is 5.75 Å². The Kier molecular flexibility index (Phi) is 5.38. The van der Waals surface area contributed by atoms with Gasteiger partial charge in [-0.15, -0.1) is 0 Å². The van der Waals surface area contributed by atoms with Crippen LogP contribution in [0.25, 0.3) is 0 Å². The summed E-state index contributed by atoms with van der Waals surface area (Å²) < 4.78 is 2.74. The molecule has 0 amide bonds. The zero-order valence-corrected chi connectivity index (χ0v) is 13.5. The van der Waals surface area contributed by atoms with Gasteiger partial charge in [0.1, 0.15) is 5.75 Å². The Morgan fingerprint density at radius 3 is 1.63 bits per heavy atom. The van der Waals surface area contributed by atoms with Gasteiger partial charge in [-0.2, -0.15) is 0 Å². The van der Waals surface area contributed by atoms with E-state index in [9.17, 15) is 5.11 Å². The third-order valence-electron chi connectivity index (χ3n) is 2.76. The van der Waals surface area contributed by atoms with Gasteiger partial charge in [-0.3, -0.25) is 0 Å². The molecule has 0 aromatic heterocycles. The summed E-state index contributed by atoms with van der Waals surface area (Å²) in [6.07, 6.45) is 0. The SMILES string of the molecule is CC(C)(C)c1ccc([I+]c2ccc(O)cc2)cc1.[OH-]. The molecule has 0 saturated heterocycles. The maximum atomic E-state index is 9.26. The van der Waals surface area contributed by atoms with Gasteiger partial charge < -0.3 is 10.6 Å². The van der Waals surface area contributed by atoms with Crippen molar-refractivity contribution in [2.75, 3.05) is 0 Å². The van der Waals surface area contributed by atoms with Crippen LogP contribution >= 0.6 is 0 Å². The van der Waals surface area contributed by atoms with Gasteiger partial charge in [0.15, 0.2) is 7.14 Å². The number of hydrogen-bond donors (Lipinski definition) is 1. The Labute approximate surface area is 125 Å². The second-order valence-electron chi connectivity index (χ2n) is 5.33. The molecule has 0 saturated carbocycles. The predicted octanol–water partition coefficient (Wildman–Crippen LogP) is 0.641. The van der Waals surface area contributed by atoms with Gasteiger partial charge in [-0.1, -0.05) is 32.9 Å². The van der Waals surface area contributed by atoms with Gasteiger partial charge in [0.25, 0.3) is 0 Å². The summed E-state index contributed by atoms with van der Waals surface area (Å²) in [4.78, 5) is 0. The summed E-state index contributed by atoms with van der Waals surface area (Å²) in [5.41, 5.74) is 1.59. The van der Waals surface area contributed by atoms with Crippen LogP contribution < -0.4 is 21.2 Å². The summed E-state index contributed by atoms with van der Waals surface area (Å²) >= 11 is -0.145. The molecule has 0 aliphatic heterocycles. The van der Waals surface area contributed by atoms with Gasteiger partial charge in [-0.25, -0.2) is 0 Å². The molecule has 0 bridgehead atoms. The van der Waals surface area contributed by atoms with Crippen LogP contribution in [0.15, 0.2) is 48.5 Å². The molecule has 2 nitrogen and oxygen atoms in total. The Morgan fingerprint density at radius 1 is 0.789 bits per heavy atom. The second-order valence-corrected chi connectivity index (χ2v) is 8.36. The topological polar surface area (TPSA) is 50.2 Å². The first-order valence-electron chi connectivity index (χ1n) is 5.99. The van der Waals surface area contributed by atoms with Crippen molar-refractivity contribution in [2.24, 2.45) is 0 Å². The van der Waals surface area contributed by atoms with Crippen molar-refractivity contribution in [3.63, 3.8) is 0 Å². The summed E-state index contributed by atoms with van der Waals surface area (Å²) in [6, 6.07) is 16.5. The summed E-state index contributed by atoms with van der Waals surface area (Å²) in [5.74, 6) is 0.339. The number of hydrogen-bond acceptors (Lipinski definition) is 2. The molecule has 0 atom stereocenters. The molecule has 19 heavy (non-hydrogen) atoms. The van der Waals surface area contributed by atoms with Crippen LogP contribution in [0, 0.1) is 7.14 Å². The normalized spacial score (nSPS) is 10.9. The number of halogens is 1. The zero-order valence-electron chi connectivity index (χ0n) is 11.4. The monoisotopic (exact) mass is 370 g/mol.